The maximum Gasteiger partial charge on any atom is 0.409 e. The number of rotatable bonds is 0. The van der Waals surface area contributed by atoms with Crippen LogP contribution in [0.5, 0.6) is 0 Å². The standard InChI is InChI=1S/C7H13NO3/c1-6-5-8(3-4-11-6)7(9)10-2/h6H,3-5H2,1-2H3. The van der Waals surface area contributed by atoms with E-state index in [1.165, 1.54) is 7.11 Å². The van der Waals surface area contributed by atoms with Crippen molar-refractivity contribution >= 4 is 6.09 Å². The highest BCUT2D eigenvalue weighted by Gasteiger charge is 2.21. The van der Waals surface area contributed by atoms with E-state index in [4.69, 9.17) is 4.74 Å². The molecule has 1 amide bonds. The second-order valence-corrected chi connectivity index (χ2v) is 2.60. The van der Waals surface area contributed by atoms with Gasteiger partial charge in [0, 0.05) is 6.54 Å². The number of nitrogens with zero attached hydrogens (tertiary/aromatic N) is 1. The number of morpholine rings is 1. The fraction of sp³-hybridized carbons (Fsp3) is 0.857. The lowest BCUT2D eigenvalue weighted by atomic mass is 10.3. The zero-order valence-corrected chi connectivity index (χ0v) is 6.87. The first-order chi connectivity index (χ1) is 5.24. The minimum Gasteiger partial charge on any atom is -0.453 e. The normalized spacial score (nSPS) is 24.9. The van der Waals surface area contributed by atoms with Crippen LogP contribution >= 0.6 is 0 Å². The van der Waals surface area contributed by atoms with Gasteiger partial charge < -0.3 is 14.4 Å². The average molecular weight is 159 g/mol. The van der Waals surface area contributed by atoms with Crippen molar-refractivity contribution in [3.63, 3.8) is 0 Å². The van der Waals surface area contributed by atoms with E-state index in [1.54, 1.807) is 4.90 Å². The van der Waals surface area contributed by atoms with E-state index in [-0.39, 0.29) is 12.2 Å². The van der Waals surface area contributed by atoms with Crippen LogP contribution in [-0.4, -0.2) is 43.9 Å². The van der Waals surface area contributed by atoms with Crippen LogP contribution in [0, 0.1) is 0 Å². The van der Waals surface area contributed by atoms with E-state index in [1.807, 2.05) is 6.92 Å². The lowest BCUT2D eigenvalue weighted by Gasteiger charge is -2.29. The Kier molecular flexibility index (Phi) is 2.70. The maximum atomic E-state index is 11.0. The molecule has 0 aliphatic carbocycles. The fourth-order valence-electron chi connectivity index (χ4n) is 1.11. The molecule has 0 radical (unpaired) electrons. The van der Waals surface area contributed by atoms with Gasteiger partial charge in [0.1, 0.15) is 0 Å². The summed E-state index contributed by atoms with van der Waals surface area (Å²) >= 11 is 0. The lowest BCUT2D eigenvalue weighted by molar-refractivity contribution is -0.0149. The summed E-state index contributed by atoms with van der Waals surface area (Å²) in [5.41, 5.74) is 0. The number of hydrogen-bond donors (Lipinski definition) is 0. The van der Waals surface area contributed by atoms with Crippen molar-refractivity contribution in [2.24, 2.45) is 0 Å². The number of carbonyl (C=O) groups is 1. The monoisotopic (exact) mass is 159 g/mol. The largest absolute Gasteiger partial charge is 0.453 e. The Morgan fingerprint density at radius 1 is 1.73 bits per heavy atom. The number of amides is 1. The van der Waals surface area contributed by atoms with Crippen LogP contribution in [0.3, 0.4) is 0 Å². The molecule has 1 saturated heterocycles. The van der Waals surface area contributed by atoms with Crippen LogP contribution in [0.25, 0.3) is 0 Å². The molecule has 0 aromatic heterocycles. The molecule has 1 fully saturated rings. The van der Waals surface area contributed by atoms with Crippen LogP contribution in [0.4, 0.5) is 4.79 Å². The predicted molar refractivity (Wildman–Crippen MR) is 39.4 cm³/mol. The average Bonchev–Trinajstić information content (AvgIpc) is 2.03. The van der Waals surface area contributed by atoms with Crippen molar-refractivity contribution in [1.82, 2.24) is 4.90 Å². The van der Waals surface area contributed by atoms with Crippen molar-refractivity contribution in [2.45, 2.75) is 13.0 Å². The molecular weight excluding hydrogens is 146 g/mol. The summed E-state index contributed by atoms with van der Waals surface area (Å²) in [6, 6.07) is 0. The van der Waals surface area contributed by atoms with Gasteiger partial charge in [-0.1, -0.05) is 0 Å². The SMILES string of the molecule is COC(=O)N1CCOC(C)C1. The number of hydrogen-bond acceptors (Lipinski definition) is 3. The van der Waals surface area contributed by atoms with Gasteiger partial charge in [-0.25, -0.2) is 4.79 Å². The van der Waals surface area contributed by atoms with Gasteiger partial charge in [0.05, 0.1) is 26.4 Å². The third-order valence-corrected chi connectivity index (χ3v) is 1.67. The van der Waals surface area contributed by atoms with E-state index in [0.29, 0.717) is 19.7 Å². The summed E-state index contributed by atoms with van der Waals surface area (Å²) in [7, 11) is 1.39. The molecule has 1 atom stereocenters. The zero-order chi connectivity index (χ0) is 8.27. The van der Waals surface area contributed by atoms with Crippen molar-refractivity contribution < 1.29 is 14.3 Å². The minimum atomic E-state index is -0.264. The highest BCUT2D eigenvalue weighted by atomic mass is 16.5. The smallest absolute Gasteiger partial charge is 0.409 e. The van der Waals surface area contributed by atoms with E-state index < -0.39 is 0 Å². The molecule has 0 aromatic rings. The summed E-state index contributed by atoms with van der Waals surface area (Å²) in [4.78, 5) is 12.6. The van der Waals surface area contributed by atoms with Gasteiger partial charge in [-0.2, -0.15) is 0 Å². The molecule has 64 valence electrons. The van der Waals surface area contributed by atoms with Crippen molar-refractivity contribution in [2.75, 3.05) is 26.8 Å². The van der Waals surface area contributed by atoms with Crippen molar-refractivity contribution in [1.29, 1.82) is 0 Å². The van der Waals surface area contributed by atoms with Gasteiger partial charge in [-0.15, -0.1) is 0 Å². The molecular formula is C7H13NO3. The Morgan fingerprint density at radius 2 is 2.45 bits per heavy atom. The first-order valence-corrected chi connectivity index (χ1v) is 3.68. The van der Waals surface area contributed by atoms with Gasteiger partial charge >= 0.3 is 6.09 Å². The quantitative estimate of drug-likeness (QED) is 0.516. The molecule has 1 unspecified atom stereocenters. The molecule has 1 rings (SSSR count). The first-order valence-electron chi connectivity index (χ1n) is 3.68. The molecule has 0 aromatic carbocycles. The second-order valence-electron chi connectivity index (χ2n) is 2.60. The molecule has 4 nitrogen and oxygen atoms in total. The summed E-state index contributed by atoms with van der Waals surface area (Å²) in [5, 5.41) is 0. The van der Waals surface area contributed by atoms with Gasteiger partial charge in [0.2, 0.25) is 0 Å². The van der Waals surface area contributed by atoms with Crippen molar-refractivity contribution in [3.8, 4) is 0 Å². The Balaban J connectivity index is 2.39. The van der Waals surface area contributed by atoms with E-state index >= 15 is 0 Å². The summed E-state index contributed by atoms with van der Waals surface area (Å²) < 4.78 is 9.82. The van der Waals surface area contributed by atoms with Gasteiger partial charge in [-0.3, -0.25) is 0 Å². The third kappa shape index (κ3) is 2.08. The van der Waals surface area contributed by atoms with Crippen molar-refractivity contribution in [3.05, 3.63) is 0 Å². The van der Waals surface area contributed by atoms with Gasteiger partial charge in [0.25, 0.3) is 0 Å². The van der Waals surface area contributed by atoms with Crippen LogP contribution < -0.4 is 0 Å². The highest BCUT2D eigenvalue weighted by Crippen LogP contribution is 2.04. The second kappa shape index (κ2) is 3.57. The molecule has 4 heteroatoms. The Hall–Kier alpha value is -0.770. The predicted octanol–water partition coefficient (Wildman–Crippen LogP) is 0.474. The van der Waals surface area contributed by atoms with Gasteiger partial charge in [0.15, 0.2) is 0 Å². The Morgan fingerprint density at radius 3 is 3.00 bits per heavy atom. The maximum absolute atomic E-state index is 11.0. The van der Waals surface area contributed by atoms with Crippen LogP contribution in [-0.2, 0) is 9.47 Å². The van der Waals surface area contributed by atoms with E-state index in [9.17, 15) is 4.79 Å². The molecule has 0 saturated carbocycles. The van der Waals surface area contributed by atoms with E-state index in [0.717, 1.165) is 0 Å². The Bertz CT molecular complexity index is 149. The molecule has 1 aliphatic rings. The van der Waals surface area contributed by atoms with Crippen LogP contribution in [0.2, 0.25) is 0 Å². The molecule has 0 N–H and O–H groups in total. The molecule has 0 bridgehead atoms. The van der Waals surface area contributed by atoms with E-state index in [2.05, 4.69) is 4.74 Å². The summed E-state index contributed by atoms with van der Waals surface area (Å²) in [6.45, 7) is 3.81. The topological polar surface area (TPSA) is 38.8 Å². The third-order valence-electron chi connectivity index (χ3n) is 1.67. The fourth-order valence-corrected chi connectivity index (χ4v) is 1.11. The molecule has 11 heavy (non-hydrogen) atoms. The lowest BCUT2D eigenvalue weighted by Crippen LogP contribution is -2.44. The van der Waals surface area contributed by atoms with Crippen LogP contribution in [0.1, 0.15) is 6.92 Å². The number of methoxy groups -OCH3 is 1. The highest BCUT2D eigenvalue weighted by molar-refractivity contribution is 5.67. The van der Waals surface area contributed by atoms with Crippen LogP contribution in [0.15, 0.2) is 0 Å². The minimum absolute atomic E-state index is 0.128. The zero-order valence-electron chi connectivity index (χ0n) is 6.87. The molecule has 0 spiro atoms. The number of ether oxygens (including phenoxy) is 2. The molecule has 1 aliphatic heterocycles. The summed E-state index contributed by atoms with van der Waals surface area (Å²) in [5.74, 6) is 0. The summed E-state index contributed by atoms with van der Waals surface area (Å²) in [6.07, 6.45) is -0.136. The van der Waals surface area contributed by atoms with Gasteiger partial charge in [-0.05, 0) is 6.92 Å². The number of carbonyl (C=O) groups excluding carboxylic acids is 1. The Labute approximate surface area is 66.1 Å². The molecule has 1 heterocycles. The first kappa shape index (κ1) is 8.33.